The van der Waals surface area contributed by atoms with Crippen LogP contribution in [0.5, 0.6) is 0 Å². The van der Waals surface area contributed by atoms with E-state index in [9.17, 15) is 14.4 Å². The normalized spacial score (nSPS) is 32.0. The van der Waals surface area contributed by atoms with E-state index in [4.69, 9.17) is 9.47 Å². The maximum Gasteiger partial charge on any atom is 0.410 e. The zero-order valence-electron chi connectivity index (χ0n) is 18.6. The van der Waals surface area contributed by atoms with Gasteiger partial charge in [0.15, 0.2) is 0 Å². The van der Waals surface area contributed by atoms with Gasteiger partial charge in [-0.2, -0.15) is 0 Å². The molecule has 0 radical (unpaired) electrons. The van der Waals surface area contributed by atoms with Crippen molar-refractivity contribution in [2.45, 2.75) is 90.6 Å². The van der Waals surface area contributed by atoms with Gasteiger partial charge in [-0.25, -0.2) is 9.59 Å². The van der Waals surface area contributed by atoms with Crippen LogP contribution in [0.25, 0.3) is 0 Å². The summed E-state index contributed by atoms with van der Waals surface area (Å²) < 4.78 is 11.1. The van der Waals surface area contributed by atoms with E-state index in [1.165, 1.54) is 4.90 Å². The molecule has 0 aromatic rings. The molecule has 3 aliphatic heterocycles. The fourth-order valence-electron chi connectivity index (χ4n) is 4.52. The summed E-state index contributed by atoms with van der Waals surface area (Å²) in [6, 6.07) is -1.43. The first-order valence-electron chi connectivity index (χ1n) is 10.5. The highest BCUT2D eigenvalue weighted by Crippen LogP contribution is 2.39. The highest BCUT2D eigenvalue weighted by molar-refractivity contribution is 5.92. The Hall–Kier alpha value is -2.05. The molecule has 3 aliphatic rings. The number of hydrogen-bond donors (Lipinski definition) is 0. The van der Waals surface area contributed by atoms with E-state index in [-0.39, 0.29) is 29.8 Å². The van der Waals surface area contributed by atoms with Crippen LogP contribution in [0.1, 0.15) is 61.3 Å². The molecule has 0 spiro atoms. The van der Waals surface area contributed by atoms with Gasteiger partial charge >= 0.3 is 12.1 Å². The van der Waals surface area contributed by atoms with Crippen molar-refractivity contribution < 1.29 is 23.9 Å². The molecule has 162 valence electrons. The predicted molar refractivity (Wildman–Crippen MR) is 108 cm³/mol. The monoisotopic (exact) mass is 406 g/mol. The maximum atomic E-state index is 13.6. The number of ether oxygens (including phenoxy) is 2. The molecule has 0 unspecified atom stereocenters. The topological polar surface area (TPSA) is 76.2 Å². The Balaban J connectivity index is 1.88. The van der Waals surface area contributed by atoms with Crippen molar-refractivity contribution in [2.75, 3.05) is 6.54 Å². The molecule has 0 saturated carbocycles. The summed E-state index contributed by atoms with van der Waals surface area (Å²) in [6.45, 7) is 13.4. The fraction of sp³-hybridized carbons (Fsp3) is 0.773. The van der Waals surface area contributed by atoms with Gasteiger partial charge in [-0.3, -0.25) is 9.69 Å². The molecule has 2 saturated heterocycles. The van der Waals surface area contributed by atoms with Crippen LogP contribution >= 0.6 is 0 Å². The molecular weight excluding hydrogens is 372 g/mol. The number of hydrogen-bond acceptors (Lipinski definition) is 5. The summed E-state index contributed by atoms with van der Waals surface area (Å²) in [5, 5.41) is 0. The van der Waals surface area contributed by atoms with Crippen molar-refractivity contribution in [1.82, 2.24) is 9.80 Å². The number of rotatable bonds is 1. The number of carbonyl (C=O) groups is 3. The van der Waals surface area contributed by atoms with Crippen molar-refractivity contribution in [1.29, 1.82) is 0 Å². The largest absolute Gasteiger partial charge is 0.458 e. The maximum absolute atomic E-state index is 13.6. The van der Waals surface area contributed by atoms with E-state index in [2.05, 4.69) is 0 Å². The minimum absolute atomic E-state index is 0.0629. The summed E-state index contributed by atoms with van der Waals surface area (Å²) >= 11 is 0. The molecule has 2 amide bonds. The van der Waals surface area contributed by atoms with Crippen LogP contribution in [0.3, 0.4) is 0 Å². The van der Waals surface area contributed by atoms with E-state index in [1.807, 2.05) is 60.6 Å². The molecule has 3 heterocycles. The Morgan fingerprint density at radius 3 is 2.24 bits per heavy atom. The second kappa shape index (κ2) is 7.33. The lowest BCUT2D eigenvalue weighted by atomic mass is 9.97. The predicted octanol–water partition coefficient (Wildman–Crippen LogP) is 3.13. The molecule has 0 N–H and O–H groups in total. The standard InChI is InChI=1S/C22H34N2O5/c1-13-12-16(19(26)28-21(2,3)4)24-15(13)9-8-14-10-11-23(17(14)18(24)25)20(27)29-22(5,6)7/h8-9,13-17H,10-12H2,1-7H3/t13-,14+,15+,16+,17+/m1/s1. The number of carbonyl (C=O) groups excluding carboxylic acids is 3. The zero-order valence-corrected chi connectivity index (χ0v) is 18.6. The van der Waals surface area contributed by atoms with E-state index in [0.29, 0.717) is 19.4 Å². The molecule has 2 fully saturated rings. The smallest absolute Gasteiger partial charge is 0.410 e. The van der Waals surface area contributed by atoms with E-state index >= 15 is 0 Å². The van der Waals surface area contributed by atoms with E-state index < -0.39 is 29.4 Å². The van der Waals surface area contributed by atoms with Gasteiger partial charge in [0.2, 0.25) is 5.91 Å². The lowest BCUT2D eigenvalue weighted by Crippen LogP contribution is -2.55. The average molecular weight is 407 g/mol. The summed E-state index contributed by atoms with van der Waals surface area (Å²) in [5.41, 5.74) is -1.26. The lowest BCUT2D eigenvalue weighted by Gasteiger charge is -2.34. The van der Waals surface area contributed by atoms with Gasteiger partial charge in [0.25, 0.3) is 0 Å². The van der Waals surface area contributed by atoms with Crippen LogP contribution in [0.15, 0.2) is 12.2 Å². The molecule has 7 heteroatoms. The molecule has 0 aromatic heterocycles. The van der Waals surface area contributed by atoms with Gasteiger partial charge < -0.3 is 14.4 Å². The van der Waals surface area contributed by atoms with Crippen LogP contribution in [-0.4, -0.2) is 63.6 Å². The molecule has 0 aliphatic carbocycles. The molecule has 0 aromatic carbocycles. The van der Waals surface area contributed by atoms with Crippen LogP contribution in [0.4, 0.5) is 4.79 Å². The van der Waals surface area contributed by atoms with Gasteiger partial charge in [0.05, 0.1) is 6.04 Å². The molecule has 7 nitrogen and oxygen atoms in total. The highest BCUT2D eigenvalue weighted by Gasteiger charge is 2.53. The van der Waals surface area contributed by atoms with Gasteiger partial charge in [-0.05, 0) is 60.3 Å². The number of nitrogens with zero attached hydrogens (tertiary/aromatic N) is 2. The third-order valence-electron chi connectivity index (χ3n) is 5.65. The average Bonchev–Trinajstić information content (AvgIpc) is 3.06. The van der Waals surface area contributed by atoms with Gasteiger partial charge in [-0.15, -0.1) is 0 Å². The third kappa shape index (κ3) is 4.43. The van der Waals surface area contributed by atoms with Crippen LogP contribution in [-0.2, 0) is 19.1 Å². The first-order chi connectivity index (χ1) is 13.3. The van der Waals surface area contributed by atoms with Crippen molar-refractivity contribution in [3.63, 3.8) is 0 Å². The second-order valence-electron chi connectivity index (χ2n) is 10.5. The second-order valence-corrected chi connectivity index (χ2v) is 10.5. The first kappa shape index (κ1) is 21.7. The quantitative estimate of drug-likeness (QED) is 0.494. The summed E-state index contributed by atoms with van der Waals surface area (Å²) in [6.07, 6.45) is 4.87. The molecule has 3 rings (SSSR count). The summed E-state index contributed by atoms with van der Waals surface area (Å²) in [7, 11) is 0. The Morgan fingerprint density at radius 2 is 1.66 bits per heavy atom. The van der Waals surface area contributed by atoms with Gasteiger partial charge in [-0.1, -0.05) is 19.1 Å². The fourth-order valence-corrected chi connectivity index (χ4v) is 4.52. The van der Waals surface area contributed by atoms with E-state index in [0.717, 1.165) is 0 Å². The number of likely N-dealkylation sites (tertiary alicyclic amines) is 1. The lowest BCUT2D eigenvalue weighted by molar-refractivity contribution is -0.164. The minimum Gasteiger partial charge on any atom is -0.458 e. The highest BCUT2D eigenvalue weighted by atomic mass is 16.6. The molecule has 0 bridgehead atoms. The van der Waals surface area contributed by atoms with Crippen LogP contribution in [0.2, 0.25) is 0 Å². The summed E-state index contributed by atoms with van der Waals surface area (Å²) in [5.74, 6) is -0.490. The zero-order chi connectivity index (χ0) is 21.7. The Kier molecular flexibility index (Phi) is 5.47. The Labute approximate surface area is 173 Å². The SMILES string of the molecule is C[C@@H]1C[C@@H](C(=O)OC(C)(C)C)N2C(=O)[C@@H]3[C@@H](C=C[C@@H]12)CCN3C(=O)OC(C)(C)C. The minimum atomic E-state index is -0.638. The van der Waals surface area contributed by atoms with Crippen LogP contribution in [0, 0.1) is 11.8 Å². The van der Waals surface area contributed by atoms with Gasteiger partial charge in [0, 0.05) is 12.5 Å². The Morgan fingerprint density at radius 1 is 1.03 bits per heavy atom. The molecule has 29 heavy (non-hydrogen) atoms. The van der Waals surface area contributed by atoms with Gasteiger partial charge in [0.1, 0.15) is 23.3 Å². The summed E-state index contributed by atoms with van der Waals surface area (Å²) in [4.78, 5) is 42.4. The van der Waals surface area contributed by atoms with E-state index in [1.54, 1.807) is 4.90 Å². The van der Waals surface area contributed by atoms with Crippen molar-refractivity contribution >= 4 is 18.0 Å². The number of amides is 2. The number of esters is 1. The molecule has 5 atom stereocenters. The first-order valence-corrected chi connectivity index (χ1v) is 10.5. The number of fused-ring (bicyclic) bond motifs is 2. The van der Waals surface area contributed by atoms with Crippen LogP contribution < -0.4 is 0 Å². The van der Waals surface area contributed by atoms with Crippen molar-refractivity contribution in [3.05, 3.63) is 12.2 Å². The molecular formula is C22H34N2O5. The third-order valence-corrected chi connectivity index (χ3v) is 5.65. The Bertz CT molecular complexity index is 718. The van der Waals surface area contributed by atoms with Crippen molar-refractivity contribution in [2.24, 2.45) is 11.8 Å². The van der Waals surface area contributed by atoms with Crippen molar-refractivity contribution in [3.8, 4) is 0 Å².